The molecule has 13 nitrogen and oxygen atoms in total. The lowest BCUT2D eigenvalue weighted by atomic mass is 9.80. The van der Waals surface area contributed by atoms with Crippen LogP contribution in [0.5, 0.6) is 11.5 Å². The van der Waals surface area contributed by atoms with Gasteiger partial charge in [-0.2, -0.15) is 9.42 Å². The van der Waals surface area contributed by atoms with Crippen molar-refractivity contribution < 1.29 is 33.5 Å². The Morgan fingerprint density at radius 2 is 1.43 bits per heavy atom. The number of hydrogen-bond donors (Lipinski definition) is 4. The van der Waals surface area contributed by atoms with Gasteiger partial charge in [0.15, 0.2) is 6.10 Å². The van der Waals surface area contributed by atoms with E-state index in [1.807, 2.05) is 137 Å². The molecule has 2 heterocycles. The highest BCUT2D eigenvalue weighted by Gasteiger charge is 2.74. The molecule has 6 rings (SSSR count). The number of hydrogen-bond acceptors (Lipinski definition) is 11. The number of thiocarbonyl (C=S) groups is 1. The van der Waals surface area contributed by atoms with Gasteiger partial charge in [-0.05, 0) is 75.6 Å². The van der Waals surface area contributed by atoms with E-state index in [0.29, 0.717) is 16.5 Å². The molecule has 324 valence electrons. The van der Waals surface area contributed by atoms with Gasteiger partial charge >= 0.3 is 13.6 Å². The molecule has 0 spiro atoms. The molecule has 5 aromatic rings. The zero-order valence-corrected chi connectivity index (χ0v) is 37.3. The largest absolute Gasteiger partial charge is 0.497 e. The molecule has 0 radical (unpaired) electrons. The van der Waals surface area contributed by atoms with Crippen LogP contribution in [0, 0.1) is 6.92 Å². The number of aromatic amines is 1. The topological polar surface area (TPSA) is 157 Å². The minimum absolute atomic E-state index is 0.0445. The molecule has 4 atom stereocenters. The van der Waals surface area contributed by atoms with Crippen LogP contribution in [-0.4, -0.2) is 86.7 Å². The number of aromatic nitrogens is 2. The van der Waals surface area contributed by atoms with Crippen LogP contribution < -0.4 is 26.0 Å². The summed E-state index contributed by atoms with van der Waals surface area (Å²) in [6, 6.07) is 33.6. The minimum Gasteiger partial charge on any atom is -0.497 e. The molecular weight excluding hydrogens is 816 g/mol. The van der Waals surface area contributed by atoms with Crippen molar-refractivity contribution in [3.05, 3.63) is 164 Å². The van der Waals surface area contributed by atoms with Gasteiger partial charge in [-0.15, -0.1) is 4.67 Å². The Bertz CT molecular complexity index is 2290. The van der Waals surface area contributed by atoms with Crippen molar-refractivity contribution in [1.82, 2.24) is 19.5 Å². The Morgan fingerprint density at radius 3 is 1.95 bits per heavy atom. The summed E-state index contributed by atoms with van der Waals surface area (Å²) in [7, 11) is -0.977. The number of nitrogens with one attached hydrogen (secondary N) is 2. The maximum atomic E-state index is 13.5. The monoisotopic (exact) mass is 871 g/mol. The van der Waals surface area contributed by atoms with Gasteiger partial charge in [0, 0.05) is 36.0 Å². The Labute approximate surface area is 362 Å². The van der Waals surface area contributed by atoms with E-state index in [-0.39, 0.29) is 43.8 Å². The zero-order chi connectivity index (χ0) is 44.0. The van der Waals surface area contributed by atoms with Gasteiger partial charge in [-0.25, -0.2) is 4.79 Å². The van der Waals surface area contributed by atoms with E-state index < -0.39 is 42.4 Å². The quantitative estimate of drug-likeness (QED) is 0.0320. The normalized spacial score (nSPS) is 19.0. The Balaban J connectivity index is 1.48. The second-order valence-electron chi connectivity index (χ2n) is 15.5. The van der Waals surface area contributed by atoms with Crippen molar-refractivity contribution in [2.24, 2.45) is 0 Å². The van der Waals surface area contributed by atoms with E-state index >= 15 is 0 Å². The van der Waals surface area contributed by atoms with Crippen LogP contribution in [0.15, 0.2) is 125 Å². The first-order valence-corrected chi connectivity index (χ1v) is 22.3. The van der Waals surface area contributed by atoms with E-state index in [9.17, 15) is 19.6 Å². The van der Waals surface area contributed by atoms with Crippen LogP contribution in [-0.2, 0) is 19.6 Å². The molecule has 1 aliphatic rings. The first-order chi connectivity index (χ1) is 29.2. The lowest BCUT2D eigenvalue weighted by molar-refractivity contribution is -0.108. The minimum atomic E-state index is -4.17. The highest BCUT2D eigenvalue weighted by atomic mass is 32.1. The fraction of sp³-hybridized carbons (Fsp3) is 0.370. The van der Waals surface area contributed by atoms with Crippen molar-refractivity contribution in [2.45, 2.75) is 76.4 Å². The number of ether oxygens (including phenoxy) is 4. The predicted molar refractivity (Wildman–Crippen MR) is 241 cm³/mol. The van der Waals surface area contributed by atoms with E-state index in [2.05, 4.69) is 10.3 Å². The first-order valence-electron chi connectivity index (χ1n) is 20.3. The fourth-order valence-electron chi connectivity index (χ4n) is 8.08. The molecule has 1 unspecified atom stereocenters. The number of nitrogens with zero attached hydrogens (tertiary/aromatic N) is 2. The van der Waals surface area contributed by atoms with Gasteiger partial charge in [0.2, 0.25) is 0 Å². The highest BCUT2D eigenvalue weighted by Crippen LogP contribution is 2.74. The molecule has 1 fully saturated rings. The number of methoxy groups -OCH3 is 2. The van der Waals surface area contributed by atoms with Gasteiger partial charge in [-0.1, -0.05) is 97.1 Å². The summed E-state index contributed by atoms with van der Waals surface area (Å²) in [5, 5.41) is 14.5. The lowest BCUT2D eigenvalue weighted by Gasteiger charge is -2.43. The molecule has 0 saturated carbocycles. The Kier molecular flexibility index (Phi) is 14.6. The highest BCUT2D eigenvalue weighted by molar-refractivity contribution is 7.80. The number of aryl methyl sites for hydroxylation is 1. The molecule has 0 bridgehead atoms. The number of H-pyrrole nitrogens is 1. The van der Waals surface area contributed by atoms with Crippen molar-refractivity contribution in [1.29, 1.82) is 0 Å². The summed E-state index contributed by atoms with van der Waals surface area (Å²) in [5.74, 6) is 1.29. The molecule has 1 aromatic heterocycles. The summed E-state index contributed by atoms with van der Waals surface area (Å²) in [6.45, 7) is 9.12. The predicted octanol–water partition coefficient (Wildman–Crippen LogP) is 6.70. The second kappa shape index (κ2) is 19.5. The van der Waals surface area contributed by atoms with Gasteiger partial charge in [0.1, 0.15) is 34.9 Å². The molecular formula is C46H56N4O9PS+. The van der Waals surface area contributed by atoms with Crippen LogP contribution in [0.1, 0.15) is 68.2 Å². The van der Waals surface area contributed by atoms with Crippen molar-refractivity contribution in [3.8, 4) is 11.5 Å². The van der Waals surface area contributed by atoms with Gasteiger partial charge in [-0.3, -0.25) is 14.3 Å². The standard InChI is InChI=1S/C46H55N4O9PS/c1-31(2)50(32(3)4)60(54,58-27-26-47-43(61)34-14-10-8-11-15-34)45(53)28-41(49-29-33(5)42(51)48-44(49)52)59-40(45)30-57-46(35-16-12-9-13-17-35,36-18-22-38(55-6)23-19-36)37-20-24-39(56-7)25-21-37/h8-25,29,31-32,40-41,53-54H,26-28,30H2,1-7H3,(H-,47,48,51,52,61)/p+1/t40-,41-,45-,60?/m1/s1. The van der Waals surface area contributed by atoms with Crippen molar-refractivity contribution in [2.75, 3.05) is 34.0 Å². The lowest BCUT2D eigenvalue weighted by Crippen LogP contribution is -2.53. The van der Waals surface area contributed by atoms with Crippen LogP contribution in [0.3, 0.4) is 0 Å². The maximum Gasteiger partial charge on any atom is 0.382 e. The van der Waals surface area contributed by atoms with Crippen molar-refractivity contribution >= 4 is 25.1 Å². The van der Waals surface area contributed by atoms with Crippen molar-refractivity contribution in [3.63, 3.8) is 0 Å². The number of aliphatic hydroxyl groups is 1. The smallest absolute Gasteiger partial charge is 0.382 e. The molecule has 4 N–H and O–H groups in total. The van der Waals surface area contributed by atoms with Crippen LogP contribution in [0.25, 0.3) is 0 Å². The summed E-state index contributed by atoms with van der Waals surface area (Å²) in [6.07, 6.45) is -1.33. The number of rotatable bonds is 18. The van der Waals surface area contributed by atoms with E-state index in [0.717, 1.165) is 22.3 Å². The first kappa shape index (κ1) is 45.8. The number of benzene rings is 4. The molecule has 61 heavy (non-hydrogen) atoms. The van der Waals surface area contributed by atoms with E-state index in [1.165, 1.54) is 10.8 Å². The van der Waals surface area contributed by atoms with E-state index in [1.54, 1.807) is 25.8 Å². The van der Waals surface area contributed by atoms with E-state index in [4.69, 9.17) is 35.7 Å². The van der Waals surface area contributed by atoms with Crippen LogP contribution >= 0.6 is 20.1 Å². The fourth-order valence-corrected chi connectivity index (χ4v) is 11.6. The summed E-state index contributed by atoms with van der Waals surface area (Å²) in [5.41, 5.74) is 0.743. The Hall–Kier alpha value is -4.76. The third-order valence-electron chi connectivity index (χ3n) is 11.0. The SMILES string of the molecule is COc1ccc(C(OC[C@H]2O[C@@H](n3cc(C)c(=O)[nH]c3=O)C[C@@]2(O)[P+](O)(OCCNC(=S)c2ccccc2)N(C(C)C)C(C)C)(c2ccccc2)c2ccc(OC)cc2)cc1. The summed E-state index contributed by atoms with van der Waals surface area (Å²) < 4.78 is 34.7. The summed E-state index contributed by atoms with van der Waals surface area (Å²) >= 11 is 5.64. The molecule has 1 saturated heterocycles. The second-order valence-corrected chi connectivity index (χ2v) is 18.5. The molecule has 0 aliphatic carbocycles. The van der Waals surface area contributed by atoms with Gasteiger partial charge in [0.25, 0.3) is 10.9 Å². The van der Waals surface area contributed by atoms with Gasteiger partial charge in [0.05, 0.1) is 27.2 Å². The third kappa shape index (κ3) is 9.37. The maximum absolute atomic E-state index is 13.5. The average molecular weight is 872 g/mol. The molecule has 15 heteroatoms. The Morgan fingerprint density at radius 1 is 0.902 bits per heavy atom. The molecule has 4 aromatic carbocycles. The van der Waals surface area contributed by atoms with Gasteiger partial charge < -0.3 is 29.4 Å². The average Bonchev–Trinajstić information content (AvgIpc) is 3.61. The zero-order valence-electron chi connectivity index (χ0n) is 35.6. The molecule has 1 aliphatic heterocycles. The molecule has 0 amide bonds. The summed E-state index contributed by atoms with van der Waals surface area (Å²) in [4.78, 5) is 42.2. The van der Waals surface area contributed by atoms with Crippen LogP contribution in [0.2, 0.25) is 0 Å². The van der Waals surface area contributed by atoms with Crippen LogP contribution in [0.4, 0.5) is 0 Å². The third-order valence-corrected chi connectivity index (χ3v) is 14.9.